The zero-order valence-corrected chi connectivity index (χ0v) is 17.5. The lowest BCUT2D eigenvalue weighted by atomic mass is 10.2. The fraction of sp³-hybridized carbons (Fsp3) is 0.286. The smallest absolute Gasteiger partial charge is 0.387 e. The first kappa shape index (κ1) is 21.8. The number of carbonyl (C=O) groups is 1. The van der Waals surface area contributed by atoms with Gasteiger partial charge in [0.2, 0.25) is 5.91 Å². The van der Waals surface area contributed by atoms with E-state index in [1.54, 1.807) is 24.1 Å². The molecule has 0 saturated heterocycles. The Bertz CT molecular complexity index is 965. The lowest BCUT2D eigenvalue weighted by Gasteiger charge is -2.17. The molecule has 0 fully saturated rings. The number of alkyl halides is 2. The SMILES string of the molecule is Cc1nnc(SCC(=O)N(C)Cc2ccc(OC(F)F)cc2)n1Cc1ccccc1. The molecule has 1 heterocycles. The summed E-state index contributed by atoms with van der Waals surface area (Å²) < 4.78 is 30.8. The number of hydrogen-bond acceptors (Lipinski definition) is 5. The summed E-state index contributed by atoms with van der Waals surface area (Å²) in [7, 11) is 1.70. The molecule has 158 valence electrons. The maximum absolute atomic E-state index is 12.5. The van der Waals surface area contributed by atoms with E-state index in [4.69, 9.17) is 0 Å². The summed E-state index contributed by atoms with van der Waals surface area (Å²) in [6.45, 7) is 0.0307. The Hall–Kier alpha value is -2.94. The first-order chi connectivity index (χ1) is 14.4. The van der Waals surface area contributed by atoms with Gasteiger partial charge in [-0.25, -0.2) is 0 Å². The molecule has 0 N–H and O–H groups in total. The minimum absolute atomic E-state index is 0.0696. The molecule has 0 aliphatic rings. The normalized spacial score (nSPS) is 11.0. The highest BCUT2D eigenvalue weighted by Crippen LogP contribution is 2.20. The fourth-order valence-corrected chi connectivity index (χ4v) is 3.72. The van der Waals surface area contributed by atoms with Crippen LogP contribution in [-0.2, 0) is 17.9 Å². The van der Waals surface area contributed by atoms with Crippen LogP contribution in [0.15, 0.2) is 59.8 Å². The topological polar surface area (TPSA) is 60.3 Å². The van der Waals surface area contributed by atoms with E-state index in [1.165, 1.54) is 23.9 Å². The van der Waals surface area contributed by atoms with E-state index >= 15 is 0 Å². The van der Waals surface area contributed by atoms with E-state index in [0.717, 1.165) is 17.0 Å². The molecule has 0 unspecified atom stereocenters. The second kappa shape index (κ2) is 10.2. The number of rotatable bonds is 9. The molecule has 0 aliphatic carbocycles. The van der Waals surface area contributed by atoms with Crippen molar-refractivity contribution in [1.82, 2.24) is 19.7 Å². The molecule has 0 spiro atoms. The van der Waals surface area contributed by atoms with E-state index in [9.17, 15) is 13.6 Å². The van der Waals surface area contributed by atoms with Gasteiger partial charge in [-0.15, -0.1) is 10.2 Å². The Morgan fingerprint density at radius 3 is 2.47 bits per heavy atom. The number of thioether (sulfide) groups is 1. The number of benzene rings is 2. The van der Waals surface area contributed by atoms with Gasteiger partial charge in [-0.05, 0) is 30.2 Å². The third-order valence-electron chi connectivity index (χ3n) is 4.40. The number of nitrogens with zero attached hydrogens (tertiary/aromatic N) is 4. The Balaban J connectivity index is 1.55. The number of halogens is 2. The summed E-state index contributed by atoms with van der Waals surface area (Å²) in [4.78, 5) is 14.1. The highest BCUT2D eigenvalue weighted by atomic mass is 32.2. The molecule has 3 aromatic rings. The predicted octanol–water partition coefficient (Wildman–Crippen LogP) is 3.99. The molecular formula is C21H22F2N4O2S. The van der Waals surface area contributed by atoms with Crippen LogP contribution in [0.4, 0.5) is 8.78 Å². The van der Waals surface area contributed by atoms with Crippen molar-refractivity contribution in [3.8, 4) is 5.75 Å². The molecular weight excluding hydrogens is 410 g/mol. The van der Waals surface area contributed by atoms with Crippen LogP contribution < -0.4 is 4.74 Å². The first-order valence-electron chi connectivity index (χ1n) is 9.26. The highest BCUT2D eigenvalue weighted by Gasteiger charge is 2.15. The molecule has 1 amide bonds. The molecule has 2 aromatic carbocycles. The minimum atomic E-state index is -2.86. The number of aryl methyl sites for hydroxylation is 1. The molecule has 0 atom stereocenters. The van der Waals surface area contributed by atoms with Crippen molar-refractivity contribution in [3.63, 3.8) is 0 Å². The van der Waals surface area contributed by atoms with Crippen molar-refractivity contribution < 1.29 is 18.3 Å². The van der Waals surface area contributed by atoms with Gasteiger partial charge in [-0.2, -0.15) is 8.78 Å². The Labute approximate surface area is 177 Å². The number of ether oxygens (including phenoxy) is 1. The van der Waals surface area contributed by atoms with Crippen molar-refractivity contribution in [2.45, 2.75) is 31.8 Å². The fourth-order valence-electron chi connectivity index (χ4n) is 2.79. The van der Waals surface area contributed by atoms with Crippen LogP contribution in [0.2, 0.25) is 0 Å². The van der Waals surface area contributed by atoms with E-state index < -0.39 is 6.61 Å². The van der Waals surface area contributed by atoms with E-state index in [2.05, 4.69) is 14.9 Å². The Morgan fingerprint density at radius 2 is 1.80 bits per heavy atom. The van der Waals surface area contributed by atoms with Gasteiger partial charge in [0.15, 0.2) is 5.16 Å². The van der Waals surface area contributed by atoms with Crippen LogP contribution in [0, 0.1) is 6.92 Å². The van der Waals surface area contributed by atoms with Crippen molar-refractivity contribution in [2.75, 3.05) is 12.8 Å². The maximum atomic E-state index is 12.5. The Kier molecular flexibility index (Phi) is 7.40. The summed E-state index contributed by atoms with van der Waals surface area (Å²) in [5.41, 5.74) is 1.95. The molecule has 0 bridgehead atoms. The molecule has 6 nitrogen and oxygen atoms in total. The quantitative estimate of drug-likeness (QED) is 0.479. The van der Waals surface area contributed by atoms with E-state index in [1.807, 2.05) is 41.8 Å². The van der Waals surface area contributed by atoms with Gasteiger partial charge in [-0.1, -0.05) is 54.2 Å². The highest BCUT2D eigenvalue weighted by molar-refractivity contribution is 7.99. The first-order valence-corrected chi connectivity index (χ1v) is 10.2. The molecule has 0 saturated carbocycles. The maximum Gasteiger partial charge on any atom is 0.387 e. The molecule has 3 rings (SSSR count). The van der Waals surface area contributed by atoms with Crippen molar-refractivity contribution in [1.29, 1.82) is 0 Å². The third kappa shape index (κ3) is 6.03. The summed E-state index contributed by atoms with van der Waals surface area (Å²) in [5.74, 6) is 1.02. The minimum Gasteiger partial charge on any atom is -0.435 e. The molecule has 0 radical (unpaired) electrons. The van der Waals surface area contributed by atoms with Crippen molar-refractivity contribution >= 4 is 17.7 Å². The van der Waals surface area contributed by atoms with Crippen LogP contribution in [0.3, 0.4) is 0 Å². The van der Waals surface area contributed by atoms with Crippen LogP contribution in [0.5, 0.6) is 5.75 Å². The van der Waals surface area contributed by atoms with Crippen LogP contribution in [-0.4, -0.2) is 45.0 Å². The van der Waals surface area contributed by atoms with E-state index in [0.29, 0.717) is 18.2 Å². The largest absolute Gasteiger partial charge is 0.435 e. The zero-order chi connectivity index (χ0) is 21.5. The van der Waals surface area contributed by atoms with Crippen molar-refractivity contribution in [2.24, 2.45) is 0 Å². The number of aromatic nitrogens is 3. The van der Waals surface area contributed by atoms with Gasteiger partial charge >= 0.3 is 6.61 Å². The molecule has 0 aliphatic heterocycles. The second-order valence-electron chi connectivity index (χ2n) is 6.66. The lowest BCUT2D eigenvalue weighted by molar-refractivity contribution is -0.127. The van der Waals surface area contributed by atoms with E-state index in [-0.39, 0.29) is 17.4 Å². The number of hydrogen-bond donors (Lipinski definition) is 0. The van der Waals surface area contributed by atoms with Gasteiger partial charge in [-0.3, -0.25) is 4.79 Å². The zero-order valence-electron chi connectivity index (χ0n) is 16.7. The average Bonchev–Trinajstić information content (AvgIpc) is 3.07. The van der Waals surface area contributed by atoms with Gasteiger partial charge in [0.25, 0.3) is 0 Å². The van der Waals surface area contributed by atoms with Gasteiger partial charge in [0.1, 0.15) is 11.6 Å². The summed E-state index contributed by atoms with van der Waals surface area (Å²) in [5, 5.41) is 9.01. The summed E-state index contributed by atoms with van der Waals surface area (Å²) in [6.07, 6.45) is 0. The second-order valence-corrected chi connectivity index (χ2v) is 7.60. The third-order valence-corrected chi connectivity index (χ3v) is 5.36. The molecule has 1 aromatic heterocycles. The van der Waals surface area contributed by atoms with Crippen LogP contribution in [0.1, 0.15) is 17.0 Å². The summed E-state index contributed by atoms with van der Waals surface area (Å²) >= 11 is 1.34. The predicted molar refractivity (Wildman–Crippen MR) is 111 cm³/mol. The Morgan fingerprint density at radius 1 is 1.10 bits per heavy atom. The standard InChI is InChI=1S/C21H22F2N4O2S/c1-15-24-25-21(27(15)13-16-6-4-3-5-7-16)30-14-19(28)26(2)12-17-8-10-18(11-9-17)29-20(22)23/h3-11,20H,12-14H2,1-2H3. The average molecular weight is 432 g/mol. The number of amides is 1. The summed E-state index contributed by atoms with van der Waals surface area (Å²) in [6, 6.07) is 16.2. The lowest BCUT2D eigenvalue weighted by Crippen LogP contribution is -2.27. The van der Waals surface area contributed by atoms with Gasteiger partial charge < -0.3 is 14.2 Å². The van der Waals surface area contributed by atoms with Crippen LogP contribution in [0.25, 0.3) is 0 Å². The molecule has 9 heteroatoms. The van der Waals surface area contributed by atoms with Gasteiger partial charge in [0.05, 0.1) is 12.3 Å². The van der Waals surface area contributed by atoms with Crippen molar-refractivity contribution in [3.05, 3.63) is 71.5 Å². The number of carbonyl (C=O) groups excluding carboxylic acids is 1. The molecule has 30 heavy (non-hydrogen) atoms. The van der Waals surface area contributed by atoms with Gasteiger partial charge in [0, 0.05) is 13.6 Å². The van der Waals surface area contributed by atoms with Crippen LogP contribution >= 0.6 is 11.8 Å². The monoisotopic (exact) mass is 432 g/mol.